The molecule has 0 aromatic carbocycles. The monoisotopic (exact) mass is 759 g/mol. The molecule has 1 fully saturated rings. The number of pyridine rings is 2. The summed E-state index contributed by atoms with van der Waals surface area (Å²) in [5, 5.41) is 30.2. The minimum absolute atomic E-state index is 0.0535. The maximum atomic E-state index is 12.7. The highest BCUT2D eigenvalue weighted by Crippen LogP contribution is 2.51. The highest BCUT2D eigenvalue weighted by Gasteiger charge is 2.60. The van der Waals surface area contributed by atoms with Gasteiger partial charge < -0.3 is 29.1 Å². The molecule has 6 atom stereocenters. The average molecular weight is 760 g/mol. The van der Waals surface area contributed by atoms with Gasteiger partial charge in [0.2, 0.25) is 5.91 Å². The Hall–Kier alpha value is -2.40. The van der Waals surface area contributed by atoms with E-state index in [-0.39, 0.29) is 38.9 Å². The fourth-order valence-corrected chi connectivity index (χ4v) is 9.22. The molecule has 0 radical (unpaired) electrons. The van der Waals surface area contributed by atoms with E-state index in [1.807, 2.05) is 43.3 Å². The van der Waals surface area contributed by atoms with Gasteiger partial charge in [0, 0.05) is 59.3 Å². The van der Waals surface area contributed by atoms with Crippen molar-refractivity contribution < 1.29 is 33.8 Å². The number of hydrogen-bond acceptors (Lipinski definition) is 9. The van der Waals surface area contributed by atoms with Crippen molar-refractivity contribution in [3.05, 3.63) is 70.8 Å². The Balaban J connectivity index is 0.000000330. The van der Waals surface area contributed by atoms with Crippen LogP contribution in [0.2, 0.25) is 36.3 Å². The van der Waals surface area contributed by atoms with Crippen LogP contribution in [-0.2, 0) is 31.3 Å². The average Bonchev–Trinajstić information content (AvgIpc) is 3.26. The molecule has 2 aliphatic rings. The summed E-state index contributed by atoms with van der Waals surface area (Å²) < 4.78 is 12.5. The fourth-order valence-electron chi connectivity index (χ4n) is 5.60. The van der Waals surface area contributed by atoms with Crippen molar-refractivity contribution in [2.75, 3.05) is 13.2 Å². The number of amides is 1. The summed E-state index contributed by atoms with van der Waals surface area (Å²) in [6.07, 6.45) is 3.39. The topological polar surface area (TPSA) is 142 Å². The van der Waals surface area contributed by atoms with Crippen molar-refractivity contribution in [1.29, 1.82) is 0 Å². The molecular formula is C38H61N3O7SSi2. The second-order valence-electron chi connectivity index (χ2n) is 16.9. The Morgan fingerprint density at radius 2 is 1.37 bits per heavy atom. The third-order valence-corrected chi connectivity index (χ3v) is 21.3. The molecule has 0 aliphatic carbocycles. The summed E-state index contributed by atoms with van der Waals surface area (Å²) in [7, 11) is -3.78. The summed E-state index contributed by atoms with van der Waals surface area (Å²) in [6, 6.07) is 11.2. The number of β-lactam (4-membered cyclic amide) rings is 1. The van der Waals surface area contributed by atoms with Crippen LogP contribution in [-0.4, -0.2) is 95.4 Å². The summed E-state index contributed by atoms with van der Waals surface area (Å²) in [6.45, 7) is 26.4. The molecule has 0 spiro atoms. The lowest BCUT2D eigenvalue weighted by atomic mass is 9.79. The molecule has 4 rings (SSSR count). The number of aliphatic hydroxyl groups is 2. The third kappa shape index (κ3) is 10.8. The zero-order valence-corrected chi connectivity index (χ0v) is 35.5. The maximum absolute atomic E-state index is 12.7. The van der Waals surface area contributed by atoms with Gasteiger partial charge in [0.25, 0.3) is 0 Å². The number of carbonyl (C=O) groups excluding carboxylic acids is 1. The van der Waals surface area contributed by atoms with Crippen LogP contribution in [0, 0.1) is 11.8 Å². The van der Waals surface area contributed by atoms with E-state index in [4.69, 9.17) is 8.85 Å². The van der Waals surface area contributed by atoms with Crippen LogP contribution in [0.3, 0.4) is 0 Å². The third-order valence-electron chi connectivity index (χ3n) is 10.8. The van der Waals surface area contributed by atoms with E-state index in [0.29, 0.717) is 31.0 Å². The van der Waals surface area contributed by atoms with Crippen molar-refractivity contribution >= 4 is 40.3 Å². The van der Waals surface area contributed by atoms with Crippen molar-refractivity contribution in [2.45, 2.75) is 128 Å². The summed E-state index contributed by atoms with van der Waals surface area (Å²) >= 11 is 1.49. The van der Waals surface area contributed by atoms with Crippen LogP contribution in [0.15, 0.2) is 59.4 Å². The SMILES string of the molecule is CC(C)(C)[Si](C)(C)OCC(O)Cc1ccccn1.C[C@@H](O)[C@H]1C(=O)N2C(C(=O)O)=C(SC(CO[Si](C)(C)C(C)(C)C)Cc3ccccn3)[C@H](C)[C@H]12. The van der Waals surface area contributed by atoms with Gasteiger partial charge in [-0.15, -0.1) is 11.8 Å². The molecule has 2 aliphatic heterocycles. The molecule has 1 saturated heterocycles. The number of aliphatic carboxylic acids is 1. The maximum Gasteiger partial charge on any atom is 0.353 e. The van der Waals surface area contributed by atoms with Crippen LogP contribution >= 0.6 is 11.8 Å². The Bertz CT molecular complexity index is 1490. The van der Waals surface area contributed by atoms with Crippen molar-refractivity contribution in [3.8, 4) is 0 Å². The first kappa shape index (κ1) is 43.0. The largest absolute Gasteiger partial charge is 0.477 e. The number of carbonyl (C=O) groups is 2. The standard InChI is InChI=1S/C24H36N2O5SSi.C14H25NO2Si/c1-14-19-18(15(2)27)22(28)26(19)20(23(29)30)21(14)32-17(12-16-10-8-9-11-25-16)13-31-33(6,7)24(3,4)5;1-14(2,3)18(4,5)17-11-13(16)10-12-8-6-7-9-15-12/h8-11,14-15,17-19,27H,12-13H2,1-7H3,(H,29,30);6-9,13,16H,10-11H2,1-5H3/t14-,15-,17?,18-,19-;/m1./s1. The van der Waals surface area contributed by atoms with Crippen LogP contribution in [0.25, 0.3) is 0 Å². The molecular weight excluding hydrogens is 699 g/mol. The lowest BCUT2D eigenvalue weighted by Gasteiger charge is -2.46. The van der Waals surface area contributed by atoms with Gasteiger partial charge in [-0.2, -0.15) is 0 Å². The lowest BCUT2D eigenvalue weighted by molar-refractivity contribution is -0.163. The zero-order valence-electron chi connectivity index (χ0n) is 32.6. The fraction of sp³-hybridized carbons (Fsp3) is 0.632. The van der Waals surface area contributed by atoms with Crippen LogP contribution in [0.5, 0.6) is 0 Å². The number of fused-ring (bicyclic) bond motifs is 1. The van der Waals surface area contributed by atoms with Gasteiger partial charge in [-0.25, -0.2) is 4.79 Å². The zero-order chi connectivity index (χ0) is 38.5. The van der Waals surface area contributed by atoms with Gasteiger partial charge in [-0.05, 0) is 67.5 Å². The number of hydrogen-bond donors (Lipinski definition) is 3. The molecule has 10 nitrogen and oxygen atoms in total. The van der Waals surface area contributed by atoms with E-state index >= 15 is 0 Å². The Morgan fingerprint density at radius 3 is 1.80 bits per heavy atom. The normalized spacial score (nSPS) is 21.3. The number of carboxylic acids is 1. The number of aromatic nitrogens is 2. The van der Waals surface area contributed by atoms with Gasteiger partial charge in [-0.3, -0.25) is 14.8 Å². The second kappa shape index (κ2) is 17.2. The molecule has 2 aromatic heterocycles. The molecule has 2 aromatic rings. The number of carboxylic acid groups (broad SMARTS) is 1. The first-order valence-corrected chi connectivity index (χ1v) is 24.6. The number of nitrogens with zero attached hydrogens (tertiary/aromatic N) is 3. The lowest BCUT2D eigenvalue weighted by Crippen LogP contribution is -2.63. The Kier molecular flexibility index (Phi) is 14.5. The van der Waals surface area contributed by atoms with E-state index in [2.05, 4.69) is 77.7 Å². The first-order valence-electron chi connectivity index (χ1n) is 17.9. The predicted molar refractivity (Wildman–Crippen MR) is 209 cm³/mol. The van der Waals surface area contributed by atoms with Crippen LogP contribution in [0.4, 0.5) is 0 Å². The van der Waals surface area contributed by atoms with E-state index in [1.165, 1.54) is 16.7 Å². The van der Waals surface area contributed by atoms with Crippen LogP contribution in [0.1, 0.15) is 66.8 Å². The van der Waals surface area contributed by atoms with Gasteiger partial charge in [0.05, 0.1) is 30.8 Å². The van der Waals surface area contributed by atoms with Gasteiger partial charge >= 0.3 is 5.97 Å². The second-order valence-corrected chi connectivity index (χ2v) is 27.8. The van der Waals surface area contributed by atoms with E-state index in [9.17, 15) is 24.9 Å². The van der Waals surface area contributed by atoms with Crippen LogP contribution < -0.4 is 0 Å². The van der Waals surface area contributed by atoms with Crippen molar-refractivity contribution in [1.82, 2.24) is 14.9 Å². The van der Waals surface area contributed by atoms with Gasteiger partial charge in [-0.1, -0.05) is 60.6 Å². The van der Waals surface area contributed by atoms with Crippen molar-refractivity contribution in [3.63, 3.8) is 0 Å². The number of aliphatic hydroxyl groups excluding tert-OH is 2. The molecule has 284 valence electrons. The van der Waals surface area contributed by atoms with E-state index in [0.717, 1.165) is 11.4 Å². The summed E-state index contributed by atoms with van der Waals surface area (Å²) in [4.78, 5) is 35.6. The van der Waals surface area contributed by atoms with Gasteiger partial charge in [0.1, 0.15) is 5.70 Å². The minimum Gasteiger partial charge on any atom is -0.477 e. The Morgan fingerprint density at radius 1 is 0.882 bits per heavy atom. The molecule has 2 unspecified atom stereocenters. The van der Waals surface area contributed by atoms with Crippen molar-refractivity contribution in [2.24, 2.45) is 11.8 Å². The molecule has 0 saturated carbocycles. The molecule has 3 N–H and O–H groups in total. The molecule has 4 heterocycles. The molecule has 0 bridgehead atoms. The predicted octanol–water partition coefficient (Wildman–Crippen LogP) is 6.91. The first-order chi connectivity index (χ1) is 23.5. The highest BCUT2D eigenvalue weighted by molar-refractivity contribution is 8.03. The quantitative estimate of drug-likeness (QED) is 0.137. The van der Waals surface area contributed by atoms with E-state index in [1.54, 1.807) is 19.3 Å². The smallest absolute Gasteiger partial charge is 0.353 e. The minimum atomic E-state index is -2.01. The van der Waals surface area contributed by atoms with E-state index < -0.39 is 40.7 Å². The summed E-state index contributed by atoms with van der Waals surface area (Å²) in [5.41, 5.74) is 1.87. The number of rotatable bonds is 14. The Labute approximate surface area is 311 Å². The highest BCUT2D eigenvalue weighted by atomic mass is 32.2. The molecule has 51 heavy (non-hydrogen) atoms. The molecule has 13 heteroatoms. The summed E-state index contributed by atoms with van der Waals surface area (Å²) in [5.74, 6) is -2.15. The number of thioether (sulfide) groups is 1. The molecule has 1 amide bonds. The van der Waals surface area contributed by atoms with Gasteiger partial charge in [0.15, 0.2) is 16.6 Å².